The molecule has 2 fully saturated rings. The standard InChI is InChI=1S/C38H45N9O4/c1-23-20-29(36(49)42-32-4-2-3-19-40-37(32)50)15-18-31(23)26-9-5-24(6-10-26)21-33(43-35(48)28-11-7-25(22-39)8-12-28)38(51)41-30-16-13-27(14-17-30)34-44-46-47-45-34/h5-6,9-10,13-18,20,25,28,32-33H,2-4,7-8,11-12,19,21-22,39H2,1H3,(H,40,50)(H,41,51)(H,42,49)(H,43,48)(H,44,45,46,47). The lowest BCUT2D eigenvalue weighted by Gasteiger charge is -2.28. The molecule has 4 amide bonds. The second-order valence-corrected chi connectivity index (χ2v) is 13.6. The van der Waals surface area contributed by atoms with Crippen LogP contribution in [0.25, 0.3) is 22.5 Å². The Kier molecular flexibility index (Phi) is 11.5. The van der Waals surface area contributed by atoms with Gasteiger partial charge in [-0.25, -0.2) is 0 Å². The van der Waals surface area contributed by atoms with Gasteiger partial charge < -0.3 is 27.0 Å². The molecular formula is C38H45N9O4. The molecule has 1 aliphatic heterocycles. The zero-order valence-corrected chi connectivity index (χ0v) is 28.8. The van der Waals surface area contributed by atoms with Gasteiger partial charge in [0.1, 0.15) is 12.1 Å². The van der Waals surface area contributed by atoms with E-state index in [4.69, 9.17) is 5.73 Å². The van der Waals surface area contributed by atoms with Gasteiger partial charge >= 0.3 is 0 Å². The van der Waals surface area contributed by atoms with E-state index in [2.05, 4.69) is 41.9 Å². The van der Waals surface area contributed by atoms with E-state index in [0.717, 1.165) is 66.3 Å². The lowest BCUT2D eigenvalue weighted by Crippen LogP contribution is -2.48. The van der Waals surface area contributed by atoms with Gasteiger partial charge in [-0.05, 0) is 128 Å². The molecule has 0 radical (unpaired) electrons. The minimum absolute atomic E-state index is 0.117. The van der Waals surface area contributed by atoms with Crippen LogP contribution in [0.3, 0.4) is 0 Å². The van der Waals surface area contributed by atoms with Crippen LogP contribution in [0.4, 0.5) is 5.69 Å². The summed E-state index contributed by atoms with van der Waals surface area (Å²) in [6.45, 7) is 3.21. The zero-order chi connectivity index (χ0) is 35.7. The highest BCUT2D eigenvalue weighted by Gasteiger charge is 2.30. The number of aromatic nitrogens is 4. The zero-order valence-electron chi connectivity index (χ0n) is 28.8. The Bertz CT molecular complexity index is 1820. The highest BCUT2D eigenvalue weighted by Crippen LogP contribution is 2.29. The molecule has 51 heavy (non-hydrogen) atoms. The highest BCUT2D eigenvalue weighted by molar-refractivity contribution is 5.99. The summed E-state index contributed by atoms with van der Waals surface area (Å²) < 4.78 is 0. The number of anilines is 1. The van der Waals surface area contributed by atoms with Crippen molar-refractivity contribution in [2.45, 2.75) is 70.4 Å². The second-order valence-electron chi connectivity index (χ2n) is 13.6. The molecule has 3 aromatic carbocycles. The summed E-state index contributed by atoms with van der Waals surface area (Å²) in [6, 6.07) is 19.2. The van der Waals surface area contributed by atoms with Crippen LogP contribution in [0, 0.1) is 18.8 Å². The van der Waals surface area contributed by atoms with Crippen LogP contribution in [-0.4, -0.2) is 69.4 Å². The Hall–Kier alpha value is -5.43. The van der Waals surface area contributed by atoms with Crippen molar-refractivity contribution < 1.29 is 19.2 Å². The number of aromatic amines is 1. The summed E-state index contributed by atoms with van der Waals surface area (Å²) in [5, 5.41) is 25.7. The highest BCUT2D eigenvalue weighted by atomic mass is 16.2. The summed E-state index contributed by atoms with van der Waals surface area (Å²) in [4.78, 5) is 52.4. The fourth-order valence-corrected chi connectivity index (χ4v) is 6.88. The first-order chi connectivity index (χ1) is 24.8. The van der Waals surface area contributed by atoms with Gasteiger partial charge in [-0.2, -0.15) is 5.21 Å². The Morgan fingerprint density at radius 3 is 2.35 bits per heavy atom. The van der Waals surface area contributed by atoms with Crippen molar-refractivity contribution in [1.29, 1.82) is 0 Å². The monoisotopic (exact) mass is 691 g/mol. The number of tetrazole rings is 1. The quantitative estimate of drug-likeness (QED) is 0.137. The van der Waals surface area contributed by atoms with Crippen LogP contribution in [0.15, 0.2) is 66.7 Å². The number of nitrogens with one attached hydrogen (secondary N) is 5. The number of amides is 4. The molecule has 1 aliphatic carbocycles. The summed E-state index contributed by atoms with van der Waals surface area (Å²) in [6.07, 6.45) is 6.02. The van der Waals surface area contributed by atoms with Crippen LogP contribution in [0.2, 0.25) is 0 Å². The number of nitrogens with two attached hydrogens (primary N) is 1. The maximum atomic E-state index is 13.7. The fourth-order valence-electron chi connectivity index (χ4n) is 6.88. The summed E-state index contributed by atoms with van der Waals surface area (Å²) >= 11 is 0. The third-order valence-electron chi connectivity index (χ3n) is 9.97. The van der Waals surface area contributed by atoms with E-state index in [1.54, 1.807) is 30.3 Å². The summed E-state index contributed by atoms with van der Waals surface area (Å²) in [5.74, 6) is -0.119. The van der Waals surface area contributed by atoms with E-state index in [0.29, 0.717) is 48.9 Å². The van der Waals surface area contributed by atoms with Gasteiger partial charge in [0.2, 0.25) is 23.5 Å². The van der Waals surface area contributed by atoms with Crippen LogP contribution in [0.5, 0.6) is 0 Å². The van der Waals surface area contributed by atoms with E-state index in [1.807, 2.05) is 43.3 Å². The molecule has 2 aliphatic rings. The van der Waals surface area contributed by atoms with Crippen molar-refractivity contribution in [1.82, 2.24) is 36.6 Å². The molecule has 2 heterocycles. The number of hydrogen-bond donors (Lipinski definition) is 6. The van der Waals surface area contributed by atoms with Crippen molar-refractivity contribution in [3.8, 4) is 22.5 Å². The summed E-state index contributed by atoms with van der Waals surface area (Å²) in [7, 11) is 0. The average molecular weight is 692 g/mol. The largest absolute Gasteiger partial charge is 0.354 e. The smallest absolute Gasteiger partial charge is 0.251 e. The molecule has 6 rings (SSSR count). The number of carbonyl (C=O) groups excluding carboxylic acids is 4. The second kappa shape index (κ2) is 16.5. The normalized spacial score (nSPS) is 19.6. The average Bonchev–Trinajstić information content (AvgIpc) is 3.62. The molecule has 4 aromatic rings. The van der Waals surface area contributed by atoms with Crippen molar-refractivity contribution in [3.05, 3.63) is 83.4 Å². The van der Waals surface area contributed by atoms with Crippen molar-refractivity contribution >= 4 is 29.3 Å². The Labute approximate surface area is 296 Å². The van der Waals surface area contributed by atoms with Gasteiger partial charge in [-0.3, -0.25) is 19.2 Å². The Balaban J connectivity index is 1.14. The van der Waals surface area contributed by atoms with E-state index >= 15 is 0 Å². The molecular weight excluding hydrogens is 646 g/mol. The third-order valence-corrected chi connectivity index (χ3v) is 9.97. The van der Waals surface area contributed by atoms with Crippen molar-refractivity contribution in [2.24, 2.45) is 17.6 Å². The molecule has 7 N–H and O–H groups in total. The van der Waals surface area contributed by atoms with Gasteiger partial charge in [-0.1, -0.05) is 30.3 Å². The van der Waals surface area contributed by atoms with Crippen LogP contribution in [-0.2, 0) is 20.8 Å². The number of hydrogen-bond acceptors (Lipinski definition) is 8. The number of rotatable bonds is 11. The first-order valence-electron chi connectivity index (χ1n) is 17.7. The Morgan fingerprint density at radius 2 is 1.67 bits per heavy atom. The van der Waals surface area contributed by atoms with E-state index < -0.39 is 12.1 Å². The Morgan fingerprint density at radius 1 is 0.922 bits per heavy atom. The molecule has 0 spiro atoms. The number of carbonyl (C=O) groups is 4. The molecule has 1 saturated heterocycles. The van der Waals surface area contributed by atoms with Gasteiger partial charge in [0.05, 0.1) is 0 Å². The van der Waals surface area contributed by atoms with Crippen LogP contribution >= 0.6 is 0 Å². The number of H-pyrrole nitrogens is 1. The number of nitrogens with zero attached hydrogens (tertiary/aromatic N) is 3. The van der Waals surface area contributed by atoms with Crippen molar-refractivity contribution in [2.75, 3.05) is 18.4 Å². The van der Waals surface area contributed by atoms with Crippen LogP contribution < -0.4 is 27.0 Å². The minimum Gasteiger partial charge on any atom is -0.354 e. The summed E-state index contributed by atoms with van der Waals surface area (Å²) in [5.41, 5.74) is 11.4. The topological polar surface area (TPSA) is 197 Å². The SMILES string of the molecule is Cc1cc(C(=O)NC2CCCCNC2=O)ccc1-c1ccc(CC(NC(=O)C2CCC(CN)CC2)C(=O)Nc2ccc(-c3nn[nH]n3)cc2)cc1. The van der Waals surface area contributed by atoms with Gasteiger partial charge in [-0.15, -0.1) is 10.2 Å². The molecule has 1 aromatic heterocycles. The maximum absolute atomic E-state index is 13.7. The van der Waals surface area contributed by atoms with E-state index in [1.165, 1.54) is 0 Å². The fraction of sp³-hybridized carbons (Fsp3) is 0.395. The first kappa shape index (κ1) is 35.4. The first-order valence-corrected chi connectivity index (χ1v) is 17.7. The third kappa shape index (κ3) is 9.03. The molecule has 2 atom stereocenters. The molecule has 1 saturated carbocycles. The van der Waals surface area contributed by atoms with Gasteiger partial charge in [0.25, 0.3) is 5.91 Å². The molecule has 0 bridgehead atoms. The van der Waals surface area contributed by atoms with E-state index in [9.17, 15) is 19.2 Å². The van der Waals surface area contributed by atoms with Crippen molar-refractivity contribution in [3.63, 3.8) is 0 Å². The number of aryl methyl sites for hydroxylation is 1. The molecule has 266 valence electrons. The predicted octanol–water partition coefficient (Wildman–Crippen LogP) is 3.67. The molecule has 13 nitrogen and oxygen atoms in total. The van der Waals surface area contributed by atoms with E-state index in [-0.39, 0.29) is 29.5 Å². The maximum Gasteiger partial charge on any atom is 0.251 e. The lowest BCUT2D eigenvalue weighted by molar-refractivity contribution is -0.130. The lowest BCUT2D eigenvalue weighted by atomic mass is 9.81. The molecule has 13 heteroatoms. The van der Waals surface area contributed by atoms with Gasteiger partial charge in [0.15, 0.2) is 0 Å². The predicted molar refractivity (Wildman–Crippen MR) is 193 cm³/mol. The molecule has 2 unspecified atom stereocenters. The van der Waals surface area contributed by atoms with Crippen LogP contribution in [0.1, 0.15) is 66.4 Å². The number of benzene rings is 3. The van der Waals surface area contributed by atoms with Gasteiger partial charge in [0, 0.05) is 35.7 Å². The minimum atomic E-state index is -0.803.